The maximum absolute atomic E-state index is 13.4. The molecule has 1 aromatic rings. The Morgan fingerprint density at radius 2 is 1.61 bits per heavy atom. The van der Waals surface area contributed by atoms with Crippen LogP contribution < -0.4 is 10.6 Å². The second-order valence-electron chi connectivity index (χ2n) is 9.94. The predicted octanol–water partition coefficient (Wildman–Crippen LogP) is 3.50. The third-order valence-corrected chi connectivity index (χ3v) is 4.13. The molecule has 0 spiro atoms. The van der Waals surface area contributed by atoms with E-state index in [1.54, 1.807) is 53.7 Å². The summed E-state index contributed by atoms with van der Waals surface area (Å²) in [6.45, 7) is 15.9. The van der Waals surface area contributed by atoms with Gasteiger partial charge in [-0.3, -0.25) is 9.59 Å². The van der Waals surface area contributed by atoms with Gasteiger partial charge in [-0.25, -0.2) is 4.79 Å². The molecule has 8 nitrogen and oxygen atoms in total. The third kappa shape index (κ3) is 8.47. The number of alkyl carbamates (subject to hydrolysis) is 1. The van der Waals surface area contributed by atoms with E-state index in [0.29, 0.717) is 5.56 Å². The fraction of sp³-hybridized carbons (Fsp3) is 0.609. The molecule has 0 radical (unpaired) electrons. The summed E-state index contributed by atoms with van der Waals surface area (Å²) in [4.78, 5) is 40.2. The average Bonchev–Trinajstić information content (AvgIpc) is 2.54. The van der Waals surface area contributed by atoms with Crippen LogP contribution in [0.4, 0.5) is 4.79 Å². The minimum atomic E-state index is -0.998. The molecule has 0 bridgehead atoms. The Bertz CT molecular complexity index is 793. The lowest BCUT2D eigenvalue weighted by atomic mass is 9.99. The highest BCUT2D eigenvalue weighted by molar-refractivity contribution is 5.92. The maximum atomic E-state index is 13.4. The molecule has 8 heteroatoms. The monoisotopic (exact) mass is 435 g/mol. The van der Waals surface area contributed by atoms with E-state index in [9.17, 15) is 19.5 Å². The minimum Gasteiger partial charge on any atom is -0.508 e. The van der Waals surface area contributed by atoms with Gasteiger partial charge in [-0.15, -0.1) is 0 Å². The molecule has 0 saturated heterocycles. The topological polar surface area (TPSA) is 108 Å². The van der Waals surface area contributed by atoms with E-state index in [1.807, 2.05) is 20.8 Å². The van der Waals surface area contributed by atoms with Crippen molar-refractivity contribution in [2.24, 2.45) is 0 Å². The largest absolute Gasteiger partial charge is 0.508 e. The predicted molar refractivity (Wildman–Crippen MR) is 120 cm³/mol. The molecule has 174 valence electrons. The van der Waals surface area contributed by atoms with Gasteiger partial charge in [-0.05, 0) is 80.0 Å². The van der Waals surface area contributed by atoms with Gasteiger partial charge in [0.15, 0.2) is 0 Å². The number of carbonyl (C=O) groups is 3. The van der Waals surface area contributed by atoms with E-state index < -0.39 is 35.2 Å². The number of hydrogen-bond donors (Lipinski definition) is 3. The molecule has 31 heavy (non-hydrogen) atoms. The quantitative estimate of drug-likeness (QED) is 0.634. The molecule has 1 rings (SSSR count). The Hall–Kier alpha value is -2.77. The summed E-state index contributed by atoms with van der Waals surface area (Å²) in [5.41, 5.74) is -0.771. The van der Waals surface area contributed by atoms with Crippen LogP contribution >= 0.6 is 0 Å². The van der Waals surface area contributed by atoms with Gasteiger partial charge >= 0.3 is 6.09 Å². The highest BCUT2D eigenvalue weighted by Gasteiger charge is 2.37. The third-order valence-electron chi connectivity index (χ3n) is 4.13. The zero-order valence-corrected chi connectivity index (χ0v) is 20.1. The molecule has 2 unspecified atom stereocenters. The second-order valence-corrected chi connectivity index (χ2v) is 9.94. The van der Waals surface area contributed by atoms with Crippen molar-refractivity contribution in [1.29, 1.82) is 0 Å². The Morgan fingerprint density at radius 3 is 2.06 bits per heavy atom. The number of ether oxygens (including phenoxy) is 1. The van der Waals surface area contributed by atoms with E-state index >= 15 is 0 Å². The molecule has 2 atom stereocenters. The zero-order chi connectivity index (χ0) is 24.1. The van der Waals surface area contributed by atoms with Gasteiger partial charge in [0.1, 0.15) is 23.4 Å². The van der Waals surface area contributed by atoms with Crippen LogP contribution in [0.15, 0.2) is 24.3 Å². The van der Waals surface area contributed by atoms with Crippen molar-refractivity contribution in [3.8, 4) is 5.75 Å². The Kier molecular flexibility index (Phi) is 8.49. The lowest BCUT2D eigenvalue weighted by molar-refractivity contribution is -0.144. The molecule has 0 saturated carbocycles. The summed E-state index contributed by atoms with van der Waals surface area (Å²) in [6, 6.07) is 3.96. The normalized spacial score (nSPS) is 13.9. The van der Waals surface area contributed by atoms with Crippen molar-refractivity contribution >= 4 is 17.9 Å². The van der Waals surface area contributed by atoms with Gasteiger partial charge in [-0.2, -0.15) is 0 Å². The summed E-state index contributed by atoms with van der Waals surface area (Å²) in [5, 5.41) is 15.4. The van der Waals surface area contributed by atoms with Gasteiger partial charge < -0.3 is 25.4 Å². The summed E-state index contributed by atoms with van der Waals surface area (Å²) < 4.78 is 5.24. The van der Waals surface area contributed by atoms with Crippen LogP contribution in [-0.2, 0) is 14.3 Å². The lowest BCUT2D eigenvalue weighted by Gasteiger charge is -2.37. The molecule has 1 aromatic carbocycles. The highest BCUT2D eigenvalue weighted by Crippen LogP contribution is 2.28. The zero-order valence-electron chi connectivity index (χ0n) is 20.1. The van der Waals surface area contributed by atoms with Crippen LogP contribution in [-0.4, -0.2) is 51.1 Å². The number of aromatic hydroxyl groups is 1. The van der Waals surface area contributed by atoms with Gasteiger partial charge in [0.05, 0.1) is 0 Å². The first-order valence-electron chi connectivity index (χ1n) is 10.4. The summed E-state index contributed by atoms with van der Waals surface area (Å²) in [7, 11) is 0. The number of nitrogens with one attached hydrogen (secondary N) is 2. The number of amides is 3. The first-order valence-corrected chi connectivity index (χ1v) is 10.4. The molecule has 0 heterocycles. The Labute approximate surface area is 185 Å². The fourth-order valence-electron chi connectivity index (χ4n) is 3.02. The number of hydrogen-bond acceptors (Lipinski definition) is 5. The highest BCUT2D eigenvalue weighted by atomic mass is 16.6. The van der Waals surface area contributed by atoms with Crippen LogP contribution in [0, 0.1) is 0 Å². The summed E-state index contributed by atoms with van der Waals surface area (Å²) in [5.74, 6) is -0.843. The van der Waals surface area contributed by atoms with Gasteiger partial charge in [0, 0.05) is 11.6 Å². The van der Waals surface area contributed by atoms with E-state index in [1.165, 1.54) is 17.0 Å². The molecule has 0 aliphatic heterocycles. The smallest absolute Gasteiger partial charge is 0.408 e. The molecule has 0 aromatic heterocycles. The van der Waals surface area contributed by atoms with Crippen LogP contribution in [0.25, 0.3) is 0 Å². The number of phenols is 1. The summed E-state index contributed by atoms with van der Waals surface area (Å²) >= 11 is 0. The average molecular weight is 436 g/mol. The van der Waals surface area contributed by atoms with Crippen molar-refractivity contribution in [3.05, 3.63) is 29.8 Å². The number of benzene rings is 1. The lowest BCUT2D eigenvalue weighted by Crippen LogP contribution is -2.55. The maximum Gasteiger partial charge on any atom is 0.408 e. The van der Waals surface area contributed by atoms with Crippen molar-refractivity contribution in [1.82, 2.24) is 15.5 Å². The molecule has 0 aliphatic carbocycles. The fourth-order valence-corrected chi connectivity index (χ4v) is 3.02. The molecular formula is C23H37N3O5. The standard InChI is InChI=1S/C23H37N3O5/c1-14(2)26(20(29)15(3)24-21(30)31-23(7,8)9)18(19(28)25-22(4,5)6)16-11-10-12-17(27)13-16/h10-15,18,27H,1-9H3,(H,24,30)(H,25,28). The van der Waals surface area contributed by atoms with Crippen molar-refractivity contribution < 1.29 is 24.2 Å². The molecular weight excluding hydrogens is 398 g/mol. The Morgan fingerprint density at radius 1 is 1.03 bits per heavy atom. The minimum absolute atomic E-state index is 0.0119. The molecule has 0 aliphatic rings. The molecule has 3 amide bonds. The number of rotatable bonds is 6. The van der Waals surface area contributed by atoms with Crippen LogP contribution in [0.1, 0.15) is 73.9 Å². The second kappa shape index (κ2) is 10.0. The molecule has 3 N–H and O–H groups in total. The number of phenolic OH excluding ortho intramolecular Hbond substituents is 1. The first-order chi connectivity index (χ1) is 14.0. The number of carbonyl (C=O) groups excluding carboxylic acids is 3. The van der Waals surface area contributed by atoms with Gasteiger partial charge in [0.25, 0.3) is 0 Å². The van der Waals surface area contributed by atoms with Gasteiger partial charge in [-0.1, -0.05) is 12.1 Å². The van der Waals surface area contributed by atoms with Crippen LogP contribution in [0.5, 0.6) is 5.75 Å². The van der Waals surface area contributed by atoms with Crippen LogP contribution in [0.2, 0.25) is 0 Å². The van der Waals surface area contributed by atoms with Crippen molar-refractivity contribution in [3.63, 3.8) is 0 Å². The van der Waals surface area contributed by atoms with E-state index in [2.05, 4.69) is 10.6 Å². The van der Waals surface area contributed by atoms with Crippen molar-refractivity contribution in [2.45, 2.75) is 91.6 Å². The van der Waals surface area contributed by atoms with E-state index in [-0.39, 0.29) is 17.7 Å². The Balaban J connectivity index is 3.31. The molecule has 0 fully saturated rings. The van der Waals surface area contributed by atoms with Crippen LogP contribution in [0.3, 0.4) is 0 Å². The SMILES string of the molecule is CC(NC(=O)OC(C)(C)C)C(=O)N(C(C)C)C(C(=O)NC(C)(C)C)c1cccc(O)c1. The number of nitrogens with zero attached hydrogens (tertiary/aromatic N) is 1. The summed E-state index contributed by atoms with van der Waals surface area (Å²) in [6.07, 6.45) is -0.717. The first kappa shape index (κ1) is 26.3. The van der Waals surface area contributed by atoms with Crippen molar-refractivity contribution in [2.75, 3.05) is 0 Å². The van der Waals surface area contributed by atoms with E-state index in [4.69, 9.17) is 4.74 Å². The van der Waals surface area contributed by atoms with Gasteiger partial charge in [0.2, 0.25) is 11.8 Å². The van der Waals surface area contributed by atoms with E-state index in [0.717, 1.165) is 0 Å².